The van der Waals surface area contributed by atoms with E-state index in [1.165, 1.54) is 36.4 Å². The van der Waals surface area contributed by atoms with Gasteiger partial charge in [-0.15, -0.1) is 0 Å². The Kier molecular flexibility index (Phi) is 8.63. The molecule has 0 spiro atoms. The fourth-order valence-corrected chi connectivity index (χ4v) is 6.58. The zero-order chi connectivity index (χ0) is 31.5. The van der Waals surface area contributed by atoms with Crippen molar-refractivity contribution in [2.75, 3.05) is 10.9 Å². The smallest absolute Gasteiger partial charge is 0.416 e. The van der Waals surface area contributed by atoms with Crippen LogP contribution < -0.4 is 14.4 Å². The highest BCUT2D eigenvalue weighted by Gasteiger charge is 2.42. The fourth-order valence-electron chi connectivity index (χ4n) is 4.93. The number of sulfonamides is 1. The van der Waals surface area contributed by atoms with Gasteiger partial charge in [0.25, 0.3) is 10.0 Å². The first-order valence-electron chi connectivity index (χ1n) is 13.5. The van der Waals surface area contributed by atoms with Crippen molar-refractivity contribution in [1.29, 1.82) is 0 Å². The Morgan fingerprint density at radius 1 is 0.909 bits per heavy atom. The van der Waals surface area contributed by atoms with Gasteiger partial charge in [-0.3, -0.25) is 13.9 Å². The number of aliphatic carboxylic acids is 1. The number of benzene rings is 4. The summed E-state index contributed by atoms with van der Waals surface area (Å²) in [6.07, 6.45) is -4.50. The van der Waals surface area contributed by atoms with Gasteiger partial charge in [0.15, 0.2) is 0 Å². The Morgan fingerprint density at radius 2 is 1.61 bits per heavy atom. The van der Waals surface area contributed by atoms with Crippen molar-refractivity contribution in [3.63, 3.8) is 0 Å². The zero-order valence-corrected chi connectivity index (χ0v) is 23.9. The van der Waals surface area contributed by atoms with Crippen molar-refractivity contribution < 1.29 is 41.0 Å². The summed E-state index contributed by atoms with van der Waals surface area (Å²) in [5.74, 6) is -1.00. The summed E-state index contributed by atoms with van der Waals surface area (Å²) < 4.78 is 73.9. The quantitative estimate of drug-likeness (QED) is 0.236. The van der Waals surface area contributed by atoms with Crippen molar-refractivity contribution in [3.05, 3.63) is 114 Å². The van der Waals surface area contributed by atoms with E-state index in [0.29, 0.717) is 22.6 Å². The lowest BCUT2D eigenvalue weighted by Gasteiger charge is -2.26. The third-order valence-corrected chi connectivity index (χ3v) is 8.97. The maximum atomic E-state index is 13.9. The first-order chi connectivity index (χ1) is 20.9. The van der Waals surface area contributed by atoms with Gasteiger partial charge in [0.1, 0.15) is 11.8 Å². The van der Waals surface area contributed by atoms with Crippen molar-refractivity contribution >= 4 is 27.6 Å². The second-order valence-corrected chi connectivity index (χ2v) is 11.9. The number of amides is 1. The molecule has 44 heavy (non-hydrogen) atoms. The van der Waals surface area contributed by atoms with Crippen LogP contribution >= 0.6 is 0 Å². The number of para-hydroxylation sites is 1. The monoisotopic (exact) mass is 624 g/mol. The van der Waals surface area contributed by atoms with E-state index < -0.39 is 39.7 Å². The van der Waals surface area contributed by atoms with Gasteiger partial charge in [-0.25, -0.2) is 8.42 Å². The SMILES string of the molecule is O=C(O)CCOc1ccc(CNC(=O)[C@@H]2Cc3ccccc3N2S(=O)(=O)c2ccc(-c3cccc(C(F)(F)F)c3)cc2)cc1. The molecule has 0 aromatic heterocycles. The predicted octanol–water partition coefficient (Wildman–Crippen LogP) is 5.66. The molecule has 0 fully saturated rings. The molecule has 0 saturated carbocycles. The van der Waals surface area contributed by atoms with E-state index in [9.17, 15) is 31.2 Å². The number of carbonyl (C=O) groups excluding carboxylic acids is 1. The van der Waals surface area contributed by atoms with E-state index >= 15 is 0 Å². The number of ether oxygens (including phenoxy) is 1. The van der Waals surface area contributed by atoms with Crippen LogP contribution in [0.15, 0.2) is 102 Å². The topological polar surface area (TPSA) is 113 Å². The van der Waals surface area contributed by atoms with Crippen LogP contribution in [0.1, 0.15) is 23.1 Å². The van der Waals surface area contributed by atoms with Gasteiger partial charge in [-0.05, 0) is 64.7 Å². The number of rotatable bonds is 10. The maximum Gasteiger partial charge on any atom is 0.416 e. The molecule has 0 bridgehead atoms. The van der Waals surface area contributed by atoms with E-state index in [4.69, 9.17) is 9.84 Å². The number of hydrogen-bond donors (Lipinski definition) is 2. The normalized spacial score (nSPS) is 14.6. The van der Waals surface area contributed by atoms with Crippen LogP contribution in [0.3, 0.4) is 0 Å². The number of nitrogens with one attached hydrogen (secondary N) is 1. The number of carboxylic acids is 1. The largest absolute Gasteiger partial charge is 0.493 e. The molecule has 1 atom stereocenters. The van der Waals surface area contributed by atoms with Crippen LogP contribution in [0.5, 0.6) is 5.75 Å². The third kappa shape index (κ3) is 6.70. The van der Waals surface area contributed by atoms with Gasteiger partial charge >= 0.3 is 12.1 Å². The summed E-state index contributed by atoms with van der Waals surface area (Å²) in [4.78, 5) is 24.0. The van der Waals surface area contributed by atoms with Crippen molar-refractivity contribution in [2.24, 2.45) is 0 Å². The molecule has 12 heteroatoms. The lowest BCUT2D eigenvalue weighted by Crippen LogP contribution is -2.47. The van der Waals surface area contributed by atoms with E-state index in [0.717, 1.165) is 22.0 Å². The van der Waals surface area contributed by atoms with Crippen molar-refractivity contribution in [3.8, 4) is 16.9 Å². The van der Waals surface area contributed by atoms with Crippen LogP contribution in [0.4, 0.5) is 18.9 Å². The second-order valence-electron chi connectivity index (χ2n) is 10.1. The lowest BCUT2D eigenvalue weighted by molar-refractivity contribution is -0.138. The number of hydrogen-bond acceptors (Lipinski definition) is 5. The maximum absolute atomic E-state index is 13.9. The van der Waals surface area contributed by atoms with Gasteiger partial charge in [0.05, 0.1) is 29.2 Å². The highest BCUT2D eigenvalue weighted by atomic mass is 32.2. The van der Waals surface area contributed by atoms with E-state index in [-0.39, 0.29) is 36.5 Å². The van der Waals surface area contributed by atoms with Crippen molar-refractivity contribution in [2.45, 2.75) is 36.5 Å². The molecule has 2 N–H and O–H groups in total. The fraction of sp³-hybridized carbons (Fsp3) is 0.188. The molecule has 1 aliphatic heterocycles. The summed E-state index contributed by atoms with van der Waals surface area (Å²) in [6.45, 7) is 0.132. The number of carbonyl (C=O) groups is 2. The molecule has 8 nitrogen and oxygen atoms in total. The Bertz CT molecular complexity index is 1780. The number of alkyl halides is 3. The van der Waals surface area contributed by atoms with Gasteiger partial charge < -0.3 is 15.2 Å². The molecule has 4 aromatic rings. The van der Waals surface area contributed by atoms with Crippen LogP contribution in [-0.2, 0) is 38.8 Å². The molecular formula is C32H27F3N2O6S. The third-order valence-electron chi connectivity index (χ3n) is 7.14. The summed E-state index contributed by atoms with van der Waals surface area (Å²) in [5.41, 5.74) is 1.65. The van der Waals surface area contributed by atoms with Gasteiger partial charge in [0.2, 0.25) is 5.91 Å². The summed E-state index contributed by atoms with van der Waals surface area (Å²) in [6, 6.07) is 22.7. The minimum absolute atomic E-state index is 0.0198. The van der Waals surface area contributed by atoms with Gasteiger partial charge in [-0.1, -0.05) is 54.6 Å². The molecule has 0 radical (unpaired) electrons. The molecule has 228 valence electrons. The average molecular weight is 625 g/mol. The number of halogens is 3. The average Bonchev–Trinajstić information content (AvgIpc) is 3.41. The molecule has 0 saturated heterocycles. The van der Waals surface area contributed by atoms with Gasteiger partial charge in [0, 0.05) is 13.0 Å². The van der Waals surface area contributed by atoms with E-state index in [1.54, 1.807) is 48.5 Å². The standard InChI is InChI=1S/C32H27F3N2O6S/c33-32(34,35)25-6-3-5-23(18-25)22-10-14-27(15-11-22)44(41,42)37-28-7-2-1-4-24(28)19-29(37)31(40)36-20-21-8-12-26(13-9-21)43-17-16-30(38)39/h1-15,18,29H,16-17,19-20H2,(H,36,40)(H,38,39)/t29-/m0/s1. The van der Waals surface area contributed by atoms with Crippen LogP contribution in [0.25, 0.3) is 11.1 Å². The first kappa shape index (κ1) is 30.6. The Hall–Kier alpha value is -4.84. The Labute approximate surface area is 251 Å². The van der Waals surface area contributed by atoms with Gasteiger partial charge in [-0.2, -0.15) is 13.2 Å². The van der Waals surface area contributed by atoms with Crippen LogP contribution in [-0.4, -0.2) is 38.0 Å². The second kappa shape index (κ2) is 12.4. The van der Waals surface area contributed by atoms with Crippen LogP contribution in [0, 0.1) is 0 Å². The summed E-state index contributed by atoms with van der Waals surface area (Å²) >= 11 is 0. The number of nitrogens with zero attached hydrogens (tertiary/aromatic N) is 1. The van der Waals surface area contributed by atoms with Crippen LogP contribution in [0.2, 0.25) is 0 Å². The molecule has 0 aliphatic carbocycles. The Balaban J connectivity index is 1.33. The molecule has 1 aliphatic rings. The van der Waals surface area contributed by atoms with E-state index in [1.807, 2.05) is 0 Å². The van der Waals surface area contributed by atoms with Crippen molar-refractivity contribution in [1.82, 2.24) is 5.32 Å². The zero-order valence-electron chi connectivity index (χ0n) is 23.1. The molecule has 1 heterocycles. The molecule has 5 rings (SSSR count). The molecular weight excluding hydrogens is 597 g/mol. The van der Waals surface area contributed by atoms with E-state index in [2.05, 4.69) is 5.32 Å². The predicted molar refractivity (Wildman–Crippen MR) is 157 cm³/mol. The highest BCUT2D eigenvalue weighted by molar-refractivity contribution is 7.93. The molecule has 0 unspecified atom stereocenters. The molecule has 1 amide bonds. The minimum Gasteiger partial charge on any atom is -0.493 e. The minimum atomic E-state index is -4.51. The summed E-state index contributed by atoms with van der Waals surface area (Å²) in [5, 5.41) is 11.5. The Morgan fingerprint density at radius 3 is 2.30 bits per heavy atom. The lowest BCUT2D eigenvalue weighted by atomic mass is 10.0. The number of fused-ring (bicyclic) bond motifs is 1. The molecule has 4 aromatic carbocycles. The summed E-state index contributed by atoms with van der Waals surface area (Å²) in [7, 11) is -4.25. The first-order valence-corrected chi connectivity index (χ1v) is 15.0. The highest BCUT2D eigenvalue weighted by Crippen LogP contribution is 2.38. The number of carboxylic acid groups (broad SMARTS) is 1. The number of anilines is 1.